The molecule has 0 saturated heterocycles. The molecule has 170 valence electrons. The summed E-state index contributed by atoms with van der Waals surface area (Å²) in [7, 11) is -2.08. The molecule has 0 aliphatic heterocycles. The number of fused-ring (bicyclic) bond motifs is 2. The highest BCUT2D eigenvalue weighted by atomic mass is 32.2. The fraction of sp³-hybridized carbons (Fsp3) is 0.375. The number of benzene rings is 2. The molecule has 1 heterocycles. The molecule has 0 fully saturated rings. The third-order valence-corrected chi connectivity index (χ3v) is 7.28. The van der Waals surface area contributed by atoms with Gasteiger partial charge in [-0.25, -0.2) is 13.1 Å². The van der Waals surface area contributed by atoms with E-state index in [0.717, 1.165) is 36.6 Å². The number of amides is 1. The summed E-state index contributed by atoms with van der Waals surface area (Å²) in [6, 6.07) is 12.4. The van der Waals surface area contributed by atoms with Crippen LogP contribution in [0.2, 0.25) is 0 Å². The van der Waals surface area contributed by atoms with E-state index in [9.17, 15) is 13.2 Å². The average molecular weight is 457 g/mol. The second-order valence-electron chi connectivity index (χ2n) is 8.10. The predicted octanol–water partition coefficient (Wildman–Crippen LogP) is 3.87. The van der Waals surface area contributed by atoms with E-state index >= 15 is 0 Å². The molecule has 0 spiro atoms. The number of sulfonamides is 1. The molecule has 4 rings (SSSR count). The van der Waals surface area contributed by atoms with Crippen LogP contribution in [0.5, 0.6) is 5.75 Å². The second kappa shape index (κ2) is 9.34. The number of nitrogens with one attached hydrogen (secondary N) is 2. The van der Waals surface area contributed by atoms with Crippen molar-refractivity contribution in [1.82, 2.24) is 10.0 Å². The van der Waals surface area contributed by atoms with Crippen molar-refractivity contribution in [1.29, 1.82) is 0 Å². The van der Waals surface area contributed by atoms with Crippen molar-refractivity contribution < 1.29 is 22.4 Å². The van der Waals surface area contributed by atoms with E-state index < -0.39 is 10.0 Å². The molecular weight excluding hydrogens is 428 g/mol. The topological polar surface area (TPSA) is 97.6 Å². The average Bonchev–Trinajstić information content (AvgIpc) is 3.23. The van der Waals surface area contributed by atoms with Crippen LogP contribution in [-0.4, -0.2) is 28.0 Å². The van der Waals surface area contributed by atoms with Gasteiger partial charge in [0.1, 0.15) is 5.76 Å². The molecule has 1 aliphatic rings. The zero-order chi connectivity index (χ0) is 22.7. The van der Waals surface area contributed by atoms with Gasteiger partial charge in [-0.3, -0.25) is 4.79 Å². The van der Waals surface area contributed by atoms with Gasteiger partial charge in [0, 0.05) is 18.4 Å². The lowest BCUT2D eigenvalue weighted by atomic mass is 9.92. The number of furan rings is 1. The van der Waals surface area contributed by atoms with Crippen LogP contribution in [0.4, 0.5) is 0 Å². The zero-order valence-corrected chi connectivity index (χ0v) is 19.1. The summed E-state index contributed by atoms with van der Waals surface area (Å²) in [6.45, 7) is 1.84. The number of para-hydroxylation sites is 1. The highest BCUT2D eigenvalue weighted by Gasteiger charge is 2.19. The smallest absolute Gasteiger partial charge is 0.240 e. The van der Waals surface area contributed by atoms with Gasteiger partial charge in [0.15, 0.2) is 11.3 Å². The number of methoxy groups -OCH3 is 1. The molecule has 3 aromatic rings. The highest BCUT2D eigenvalue weighted by molar-refractivity contribution is 7.89. The molecule has 2 aromatic carbocycles. The molecule has 1 unspecified atom stereocenters. The van der Waals surface area contributed by atoms with Crippen molar-refractivity contribution in [3.05, 3.63) is 59.4 Å². The number of rotatable bonds is 8. The number of hydrogen-bond donors (Lipinski definition) is 2. The molecule has 0 bridgehead atoms. The van der Waals surface area contributed by atoms with Gasteiger partial charge in [-0.05, 0) is 68.0 Å². The van der Waals surface area contributed by atoms with Gasteiger partial charge in [0.2, 0.25) is 15.9 Å². The molecule has 0 radical (unpaired) electrons. The minimum atomic E-state index is -3.66. The van der Waals surface area contributed by atoms with Gasteiger partial charge in [-0.15, -0.1) is 0 Å². The van der Waals surface area contributed by atoms with Crippen LogP contribution < -0.4 is 14.8 Å². The molecule has 1 atom stereocenters. The molecule has 1 aromatic heterocycles. The van der Waals surface area contributed by atoms with Crippen LogP contribution in [0.25, 0.3) is 11.0 Å². The first-order chi connectivity index (χ1) is 15.4. The zero-order valence-electron chi connectivity index (χ0n) is 18.3. The van der Waals surface area contributed by atoms with Crippen molar-refractivity contribution in [3.8, 4) is 5.75 Å². The Morgan fingerprint density at radius 1 is 1.12 bits per heavy atom. The van der Waals surface area contributed by atoms with Crippen molar-refractivity contribution >= 4 is 26.9 Å². The van der Waals surface area contributed by atoms with Crippen molar-refractivity contribution in [3.63, 3.8) is 0 Å². The Morgan fingerprint density at radius 3 is 2.69 bits per heavy atom. The van der Waals surface area contributed by atoms with Gasteiger partial charge < -0.3 is 14.5 Å². The highest BCUT2D eigenvalue weighted by Crippen LogP contribution is 2.31. The lowest BCUT2D eigenvalue weighted by molar-refractivity contribution is -0.121. The Labute approximate surface area is 188 Å². The first-order valence-corrected chi connectivity index (χ1v) is 12.3. The van der Waals surface area contributed by atoms with Crippen molar-refractivity contribution in [2.75, 3.05) is 13.7 Å². The SMILES string of the molecule is COc1cccc2cc(C(C)NC(=O)CCNS(=O)(=O)c3ccc4c(c3)CCCC4)oc12. The monoisotopic (exact) mass is 456 g/mol. The van der Waals surface area contributed by atoms with E-state index in [0.29, 0.717) is 17.1 Å². The van der Waals surface area contributed by atoms with Gasteiger partial charge in [-0.1, -0.05) is 18.2 Å². The van der Waals surface area contributed by atoms with Crippen LogP contribution in [0, 0.1) is 0 Å². The van der Waals surface area contributed by atoms with E-state index in [1.807, 2.05) is 37.3 Å². The van der Waals surface area contributed by atoms with Gasteiger partial charge >= 0.3 is 0 Å². The number of hydrogen-bond acceptors (Lipinski definition) is 5. The normalized spacial score (nSPS) is 14.7. The van der Waals surface area contributed by atoms with Crippen LogP contribution in [0.15, 0.2) is 51.8 Å². The second-order valence-corrected chi connectivity index (χ2v) is 9.87. The minimum absolute atomic E-state index is 0.0198. The van der Waals surface area contributed by atoms with E-state index in [1.54, 1.807) is 19.2 Å². The maximum atomic E-state index is 12.6. The van der Waals surface area contributed by atoms with Crippen LogP contribution >= 0.6 is 0 Å². The first-order valence-electron chi connectivity index (χ1n) is 10.8. The Morgan fingerprint density at radius 2 is 1.91 bits per heavy atom. The van der Waals surface area contributed by atoms with Crippen LogP contribution in [0.3, 0.4) is 0 Å². The molecule has 32 heavy (non-hydrogen) atoms. The molecule has 1 amide bonds. The summed E-state index contributed by atoms with van der Waals surface area (Å²) in [4.78, 5) is 12.6. The maximum absolute atomic E-state index is 12.6. The summed E-state index contributed by atoms with van der Waals surface area (Å²) in [6.07, 6.45) is 4.16. The fourth-order valence-electron chi connectivity index (χ4n) is 4.07. The first kappa shape index (κ1) is 22.4. The Kier molecular flexibility index (Phi) is 6.53. The molecule has 0 saturated carbocycles. The standard InChI is InChI=1S/C24H28N2O5S/c1-16(22-15-19-8-5-9-21(30-2)24(19)31-22)26-23(27)12-13-25-32(28,29)20-11-10-17-6-3-4-7-18(17)14-20/h5,8-11,14-16,25H,3-4,6-7,12-13H2,1-2H3,(H,26,27). The van der Waals surface area contributed by atoms with E-state index in [4.69, 9.17) is 9.15 Å². The number of carbonyl (C=O) groups is 1. The lowest BCUT2D eigenvalue weighted by Crippen LogP contribution is -2.32. The Hall–Kier alpha value is -2.84. The third-order valence-electron chi connectivity index (χ3n) is 5.83. The largest absolute Gasteiger partial charge is 0.493 e. The van der Waals surface area contributed by atoms with Gasteiger partial charge in [0.25, 0.3) is 0 Å². The van der Waals surface area contributed by atoms with E-state index in [1.165, 1.54) is 5.56 Å². The minimum Gasteiger partial charge on any atom is -0.493 e. The summed E-state index contributed by atoms with van der Waals surface area (Å²) in [5, 5.41) is 3.74. The molecule has 8 heteroatoms. The van der Waals surface area contributed by atoms with Crippen LogP contribution in [0.1, 0.15) is 49.1 Å². The van der Waals surface area contributed by atoms with Gasteiger partial charge in [-0.2, -0.15) is 0 Å². The number of ether oxygens (including phenoxy) is 1. The summed E-state index contributed by atoms with van der Waals surface area (Å²) in [5.41, 5.74) is 2.96. The van der Waals surface area contributed by atoms with Crippen LogP contribution in [-0.2, 0) is 27.7 Å². The Balaban J connectivity index is 1.33. The van der Waals surface area contributed by atoms with E-state index in [2.05, 4.69) is 10.0 Å². The predicted molar refractivity (Wildman–Crippen MR) is 122 cm³/mol. The number of aryl methyl sites for hydroxylation is 2. The summed E-state index contributed by atoms with van der Waals surface area (Å²) >= 11 is 0. The van der Waals surface area contributed by atoms with Crippen molar-refractivity contribution in [2.45, 2.75) is 50.0 Å². The molecule has 7 nitrogen and oxygen atoms in total. The summed E-state index contributed by atoms with van der Waals surface area (Å²) in [5.74, 6) is 0.967. The third kappa shape index (κ3) is 4.81. The van der Waals surface area contributed by atoms with Gasteiger partial charge in [0.05, 0.1) is 18.0 Å². The lowest BCUT2D eigenvalue weighted by Gasteiger charge is -2.17. The van der Waals surface area contributed by atoms with E-state index in [-0.39, 0.29) is 29.8 Å². The molecule has 1 aliphatic carbocycles. The van der Waals surface area contributed by atoms with Crippen molar-refractivity contribution in [2.24, 2.45) is 0 Å². The Bertz CT molecular complexity index is 1230. The summed E-state index contributed by atoms with van der Waals surface area (Å²) < 4.78 is 39.0. The number of carbonyl (C=O) groups excluding carboxylic acids is 1. The fourth-order valence-corrected chi connectivity index (χ4v) is 5.16. The molecule has 2 N–H and O–H groups in total. The quantitative estimate of drug-likeness (QED) is 0.536. The molecular formula is C24H28N2O5S. The maximum Gasteiger partial charge on any atom is 0.240 e.